The molecule has 1 aromatic heterocycles. The van der Waals surface area contributed by atoms with Gasteiger partial charge in [-0.3, -0.25) is 5.10 Å². The van der Waals surface area contributed by atoms with Crippen LogP contribution in [0.1, 0.15) is 24.0 Å². The Balaban J connectivity index is 1.49. The lowest BCUT2D eigenvalue weighted by molar-refractivity contribution is 0.146. The Hall–Kier alpha value is -1.69. The van der Waals surface area contributed by atoms with E-state index in [0.29, 0.717) is 0 Å². The van der Waals surface area contributed by atoms with E-state index in [1.165, 1.54) is 29.5 Å². The third kappa shape index (κ3) is 4.44. The summed E-state index contributed by atoms with van der Waals surface area (Å²) in [6, 6.07) is 8.51. The van der Waals surface area contributed by atoms with Gasteiger partial charge >= 0.3 is 0 Å². The number of hydrogen-bond acceptors (Lipinski definition) is 4. The number of β-amino-alcohol motifs (C(OH)–C–C–N with tert-alkyl or cyclic N) is 1. The molecule has 5 nitrogen and oxygen atoms in total. The second kappa shape index (κ2) is 8.42. The van der Waals surface area contributed by atoms with Gasteiger partial charge in [0, 0.05) is 24.2 Å². The molecule has 0 amide bonds. The summed E-state index contributed by atoms with van der Waals surface area (Å²) in [5.41, 5.74) is 4.79. The molecule has 0 atom stereocenters. The number of aromatic nitrogens is 2. The number of nitrogens with one attached hydrogen (secondary N) is 2. The second-order valence-electron chi connectivity index (χ2n) is 6.78. The lowest BCUT2D eigenvalue weighted by Crippen LogP contribution is -2.38. The number of benzene rings is 1. The van der Waals surface area contributed by atoms with Crippen molar-refractivity contribution in [1.82, 2.24) is 20.4 Å². The van der Waals surface area contributed by atoms with E-state index in [9.17, 15) is 0 Å². The van der Waals surface area contributed by atoms with Gasteiger partial charge in [-0.1, -0.05) is 23.8 Å². The van der Waals surface area contributed by atoms with Crippen LogP contribution in [-0.4, -0.2) is 53.0 Å². The fourth-order valence-electron chi connectivity index (χ4n) is 3.46. The average molecular weight is 328 g/mol. The highest BCUT2D eigenvalue weighted by Gasteiger charge is 2.18. The van der Waals surface area contributed by atoms with E-state index in [0.717, 1.165) is 44.3 Å². The van der Waals surface area contributed by atoms with Gasteiger partial charge < -0.3 is 15.3 Å². The van der Waals surface area contributed by atoms with Gasteiger partial charge in [-0.05, 0) is 51.4 Å². The highest BCUT2D eigenvalue weighted by molar-refractivity contribution is 5.63. The minimum Gasteiger partial charge on any atom is -0.395 e. The highest BCUT2D eigenvalue weighted by Crippen LogP contribution is 2.22. The number of piperidine rings is 1. The van der Waals surface area contributed by atoms with Crippen LogP contribution in [-0.2, 0) is 6.54 Å². The molecule has 24 heavy (non-hydrogen) atoms. The number of aliphatic hydroxyl groups is 1. The van der Waals surface area contributed by atoms with E-state index in [1.807, 2.05) is 6.20 Å². The molecule has 1 fully saturated rings. The quantitative estimate of drug-likeness (QED) is 0.729. The summed E-state index contributed by atoms with van der Waals surface area (Å²) in [4.78, 5) is 2.35. The fraction of sp³-hybridized carbons (Fsp3) is 0.526. The molecule has 2 heterocycles. The molecule has 0 aliphatic carbocycles. The zero-order valence-electron chi connectivity index (χ0n) is 14.5. The van der Waals surface area contributed by atoms with Crippen LogP contribution in [0.2, 0.25) is 0 Å². The van der Waals surface area contributed by atoms with Crippen molar-refractivity contribution in [1.29, 1.82) is 0 Å². The molecule has 130 valence electrons. The number of aromatic amines is 1. The maximum absolute atomic E-state index is 9.01. The van der Waals surface area contributed by atoms with E-state index in [4.69, 9.17) is 5.11 Å². The molecular weight excluding hydrogens is 300 g/mol. The summed E-state index contributed by atoms with van der Waals surface area (Å²) in [5.74, 6) is 0.731. The van der Waals surface area contributed by atoms with Crippen LogP contribution >= 0.6 is 0 Å². The number of aryl methyl sites for hydroxylation is 1. The minimum atomic E-state index is 0.269. The molecule has 2 aromatic rings. The number of hydrogen-bond donors (Lipinski definition) is 3. The lowest BCUT2D eigenvalue weighted by Gasteiger charge is -2.31. The van der Waals surface area contributed by atoms with Crippen LogP contribution in [0.3, 0.4) is 0 Å². The first-order valence-corrected chi connectivity index (χ1v) is 8.89. The Bertz CT molecular complexity index is 632. The van der Waals surface area contributed by atoms with Crippen molar-refractivity contribution in [2.45, 2.75) is 26.3 Å². The predicted molar refractivity (Wildman–Crippen MR) is 96.7 cm³/mol. The molecule has 5 heteroatoms. The first-order valence-electron chi connectivity index (χ1n) is 8.89. The lowest BCUT2D eigenvalue weighted by atomic mass is 9.96. The van der Waals surface area contributed by atoms with Crippen molar-refractivity contribution in [3.63, 3.8) is 0 Å². The van der Waals surface area contributed by atoms with Crippen molar-refractivity contribution in [3.8, 4) is 11.3 Å². The zero-order valence-corrected chi connectivity index (χ0v) is 14.5. The van der Waals surface area contributed by atoms with Gasteiger partial charge in [-0.2, -0.15) is 5.10 Å². The predicted octanol–water partition coefficient (Wildman–Crippen LogP) is 2.18. The molecule has 3 rings (SSSR count). The third-order valence-corrected chi connectivity index (χ3v) is 4.90. The summed E-state index contributed by atoms with van der Waals surface area (Å²) in [5, 5.41) is 20.0. The number of nitrogens with zero attached hydrogens (tertiary/aromatic N) is 2. The smallest absolute Gasteiger partial charge is 0.0695 e. The molecule has 1 aliphatic heterocycles. The van der Waals surface area contributed by atoms with Gasteiger partial charge in [-0.25, -0.2) is 0 Å². The Morgan fingerprint density at radius 1 is 1.33 bits per heavy atom. The van der Waals surface area contributed by atoms with Crippen molar-refractivity contribution in [3.05, 3.63) is 41.6 Å². The summed E-state index contributed by atoms with van der Waals surface area (Å²) >= 11 is 0. The fourth-order valence-corrected chi connectivity index (χ4v) is 3.46. The summed E-state index contributed by atoms with van der Waals surface area (Å²) in [6.45, 7) is 7.30. The maximum Gasteiger partial charge on any atom is 0.0695 e. The molecule has 1 aromatic carbocycles. The van der Waals surface area contributed by atoms with E-state index in [2.05, 4.69) is 51.6 Å². The standard InChI is InChI=1S/C19H28N4O/c1-15-3-2-4-17(11-15)19-18(14-21-22-19)13-20-12-16-5-7-23(8-6-16)9-10-24/h2-4,11,14,16,20,24H,5-10,12-13H2,1H3,(H,21,22). The molecule has 0 spiro atoms. The van der Waals surface area contributed by atoms with Gasteiger partial charge in [0.15, 0.2) is 0 Å². The van der Waals surface area contributed by atoms with Crippen LogP contribution in [0, 0.1) is 12.8 Å². The Labute approximate surface area is 144 Å². The minimum absolute atomic E-state index is 0.269. The molecule has 0 bridgehead atoms. The van der Waals surface area contributed by atoms with Crippen LogP contribution in [0.4, 0.5) is 0 Å². The third-order valence-electron chi connectivity index (χ3n) is 4.90. The van der Waals surface area contributed by atoms with E-state index >= 15 is 0 Å². The Morgan fingerprint density at radius 3 is 2.92 bits per heavy atom. The second-order valence-corrected chi connectivity index (χ2v) is 6.78. The average Bonchev–Trinajstić information content (AvgIpc) is 3.05. The molecular formula is C19H28N4O. The number of likely N-dealkylation sites (tertiary alicyclic amines) is 1. The Morgan fingerprint density at radius 2 is 2.17 bits per heavy atom. The van der Waals surface area contributed by atoms with Crippen molar-refractivity contribution in [2.75, 3.05) is 32.8 Å². The maximum atomic E-state index is 9.01. The molecule has 0 saturated carbocycles. The van der Waals surface area contributed by atoms with Gasteiger partial charge in [0.05, 0.1) is 18.5 Å². The van der Waals surface area contributed by atoms with Crippen LogP contribution in [0.25, 0.3) is 11.3 Å². The van der Waals surface area contributed by atoms with Gasteiger partial charge in [0.25, 0.3) is 0 Å². The largest absolute Gasteiger partial charge is 0.395 e. The number of aliphatic hydroxyl groups excluding tert-OH is 1. The molecule has 1 saturated heterocycles. The van der Waals surface area contributed by atoms with Crippen LogP contribution < -0.4 is 5.32 Å². The molecule has 3 N–H and O–H groups in total. The van der Waals surface area contributed by atoms with E-state index in [-0.39, 0.29) is 6.61 Å². The van der Waals surface area contributed by atoms with E-state index < -0.39 is 0 Å². The Kier molecular flexibility index (Phi) is 6.01. The highest BCUT2D eigenvalue weighted by atomic mass is 16.3. The monoisotopic (exact) mass is 328 g/mol. The summed E-state index contributed by atoms with van der Waals surface area (Å²) in [7, 11) is 0. The molecule has 1 aliphatic rings. The topological polar surface area (TPSA) is 64.2 Å². The molecule has 0 unspecified atom stereocenters. The number of H-pyrrole nitrogens is 1. The van der Waals surface area contributed by atoms with Gasteiger partial charge in [0.1, 0.15) is 0 Å². The first kappa shape index (κ1) is 17.1. The van der Waals surface area contributed by atoms with Crippen molar-refractivity contribution >= 4 is 0 Å². The zero-order chi connectivity index (χ0) is 16.8. The van der Waals surface area contributed by atoms with Crippen molar-refractivity contribution < 1.29 is 5.11 Å². The summed E-state index contributed by atoms with van der Waals surface area (Å²) in [6.07, 6.45) is 4.35. The van der Waals surface area contributed by atoms with Gasteiger partial charge in [-0.15, -0.1) is 0 Å². The van der Waals surface area contributed by atoms with Crippen molar-refractivity contribution in [2.24, 2.45) is 5.92 Å². The summed E-state index contributed by atoms with van der Waals surface area (Å²) < 4.78 is 0. The first-order chi connectivity index (χ1) is 11.8. The normalized spacial score (nSPS) is 16.6. The SMILES string of the molecule is Cc1cccc(-c2[nH]ncc2CNCC2CCN(CCO)CC2)c1. The van der Waals surface area contributed by atoms with Gasteiger partial charge in [0.2, 0.25) is 0 Å². The number of rotatable bonds is 7. The molecule has 0 radical (unpaired) electrons. The van der Waals surface area contributed by atoms with Crippen LogP contribution in [0.5, 0.6) is 0 Å². The van der Waals surface area contributed by atoms with E-state index in [1.54, 1.807) is 0 Å². The van der Waals surface area contributed by atoms with Crippen LogP contribution in [0.15, 0.2) is 30.5 Å².